The highest BCUT2D eigenvalue weighted by atomic mass is 16.5. The molecule has 1 unspecified atom stereocenters. The molecule has 1 aromatic carbocycles. The van der Waals surface area contributed by atoms with Gasteiger partial charge in [-0.15, -0.1) is 0 Å². The van der Waals surface area contributed by atoms with E-state index in [-0.39, 0.29) is 5.91 Å². The summed E-state index contributed by atoms with van der Waals surface area (Å²) >= 11 is 0. The van der Waals surface area contributed by atoms with Crippen LogP contribution in [0.5, 0.6) is 0 Å². The minimum atomic E-state index is -1.07. The molecular formula is C15H19N3O2. The highest BCUT2D eigenvalue weighted by molar-refractivity contribution is 5.86. The number of carbonyl (C=O) groups excluding carboxylic acids is 1. The predicted molar refractivity (Wildman–Crippen MR) is 75.8 cm³/mol. The Kier molecular flexibility index (Phi) is 3.90. The molecule has 2 aromatic rings. The van der Waals surface area contributed by atoms with Crippen molar-refractivity contribution >= 4 is 5.91 Å². The average molecular weight is 273 g/mol. The third kappa shape index (κ3) is 2.72. The highest BCUT2D eigenvalue weighted by Crippen LogP contribution is 2.18. The first kappa shape index (κ1) is 14.3. The summed E-state index contributed by atoms with van der Waals surface area (Å²) < 4.78 is 5.07. The molecule has 0 radical (unpaired) electrons. The van der Waals surface area contributed by atoms with Crippen molar-refractivity contribution < 1.29 is 9.32 Å². The second-order valence-corrected chi connectivity index (χ2v) is 5.05. The van der Waals surface area contributed by atoms with Crippen LogP contribution in [0.1, 0.15) is 29.5 Å². The van der Waals surface area contributed by atoms with Crippen LogP contribution in [0.2, 0.25) is 0 Å². The van der Waals surface area contributed by atoms with Crippen molar-refractivity contribution in [1.82, 2.24) is 10.5 Å². The Balaban J connectivity index is 2.09. The lowest BCUT2D eigenvalue weighted by atomic mass is 9.92. The van der Waals surface area contributed by atoms with Crippen LogP contribution in [0.15, 0.2) is 34.9 Å². The largest absolute Gasteiger partial charge is 0.361 e. The molecule has 1 aromatic heterocycles. The molecule has 0 aliphatic rings. The number of carbonyl (C=O) groups is 1. The summed E-state index contributed by atoms with van der Waals surface area (Å²) in [7, 11) is 0. The van der Waals surface area contributed by atoms with Crippen molar-refractivity contribution in [2.45, 2.75) is 32.9 Å². The molecule has 1 heterocycles. The minimum absolute atomic E-state index is 0.233. The van der Waals surface area contributed by atoms with E-state index in [0.29, 0.717) is 12.3 Å². The molecule has 0 saturated heterocycles. The standard InChI is InChI=1S/C15H19N3O2/c1-10-13(11(2)20-18-10)9-17-14(19)15(3,16)12-7-5-4-6-8-12/h4-8H,9,16H2,1-3H3,(H,17,19). The van der Waals surface area contributed by atoms with Gasteiger partial charge in [-0.1, -0.05) is 35.5 Å². The lowest BCUT2D eigenvalue weighted by Crippen LogP contribution is -2.48. The van der Waals surface area contributed by atoms with E-state index in [2.05, 4.69) is 10.5 Å². The normalized spacial score (nSPS) is 13.8. The first-order valence-corrected chi connectivity index (χ1v) is 6.47. The quantitative estimate of drug-likeness (QED) is 0.889. The highest BCUT2D eigenvalue weighted by Gasteiger charge is 2.30. The van der Waals surface area contributed by atoms with Crippen molar-refractivity contribution in [3.8, 4) is 0 Å². The maximum atomic E-state index is 12.3. The second-order valence-electron chi connectivity index (χ2n) is 5.05. The van der Waals surface area contributed by atoms with E-state index in [1.165, 1.54) is 0 Å². The van der Waals surface area contributed by atoms with E-state index < -0.39 is 5.54 Å². The van der Waals surface area contributed by atoms with Crippen molar-refractivity contribution in [2.24, 2.45) is 5.73 Å². The van der Waals surface area contributed by atoms with Crippen molar-refractivity contribution in [3.63, 3.8) is 0 Å². The first-order valence-electron chi connectivity index (χ1n) is 6.47. The van der Waals surface area contributed by atoms with Crippen molar-refractivity contribution in [3.05, 3.63) is 52.9 Å². The van der Waals surface area contributed by atoms with E-state index in [9.17, 15) is 4.79 Å². The topological polar surface area (TPSA) is 81.2 Å². The minimum Gasteiger partial charge on any atom is -0.361 e. The van der Waals surface area contributed by atoms with Crippen LogP contribution in [-0.4, -0.2) is 11.1 Å². The third-order valence-electron chi connectivity index (χ3n) is 3.45. The molecule has 106 valence electrons. The van der Waals surface area contributed by atoms with Crippen LogP contribution in [-0.2, 0) is 16.9 Å². The molecule has 3 N–H and O–H groups in total. The molecule has 0 spiro atoms. The molecule has 5 nitrogen and oxygen atoms in total. The zero-order valence-corrected chi connectivity index (χ0v) is 11.9. The number of aryl methyl sites for hydroxylation is 2. The Morgan fingerprint density at radius 1 is 1.35 bits per heavy atom. The summed E-state index contributed by atoms with van der Waals surface area (Å²) in [5, 5.41) is 6.70. The van der Waals surface area contributed by atoms with E-state index in [4.69, 9.17) is 10.3 Å². The molecule has 1 amide bonds. The van der Waals surface area contributed by atoms with Crippen molar-refractivity contribution in [2.75, 3.05) is 0 Å². The van der Waals surface area contributed by atoms with Gasteiger partial charge in [0.1, 0.15) is 11.3 Å². The van der Waals surface area contributed by atoms with E-state index in [1.807, 2.05) is 44.2 Å². The van der Waals surface area contributed by atoms with E-state index >= 15 is 0 Å². The Morgan fingerprint density at radius 2 is 2.00 bits per heavy atom. The maximum Gasteiger partial charge on any atom is 0.244 e. The molecule has 0 bridgehead atoms. The summed E-state index contributed by atoms with van der Waals surface area (Å²) in [5.41, 5.74) is 7.52. The fraction of sp³-hybridized carbons (Fsp3) is 0.333. The SMILES string of the molecule is Cc1noc(C)c1CNC(=O)C(C)(N)c1ccccc1. The number of rotatable bonds is 4. The number of nitrogens with one attached hydrogen (secondary N) is 1. The third-order valence-corrected chi connectivity index (χ3v) is 3.45. The number of aromatic nitrogens is 1. The first-order chi connectivity index (χ1) is 9.43. The lowest BCUT2D eigenvalue weighted by molar-refractivity contribution is -0.126. The van der Waals surface area contributed by atoms with Gasteiger partial charge in [-0.2, -0.15) is 0 Å². The Hall–Kier alpha value is -2.14. The van der Waals surface area contributed by atoms with Gasteiger partial charge >= 0.3 is 0 Å². The summed E-state index contributed by atoms with van der Waals surface area (Å²) in [6, 6.07) is 9.30. The molecule has 0 aliphatic carbocycles. The Labute approximate surface area is 118 Å². The number of hydrogen-bond acceptors (Lipinski definition) is 4. The van der Waals surface area contributed by atoms with E-state index in [1.54, 1.807) is 6.92 Å². The second kappa shape index (κ2) is 5.46. The fourth-order valence-electron chi connectivity index (χ4n) is 2.02. The summed E-state index contributed by atoms with van der Waals surface area (Å²) in [6.07, 6.45) is 0. The zero-order valence-electron chi connectivity index (χ0n) is 11.9. The molecule has 0 fully saturated rings. The van der Waals surface area contributed by atoms with Gasteiger partial charge in [-0.3, -0.25) is 4.79 Å². The van der Waals surface area contributed by atoms with Gasteiger partial charge in [-0.25, -0.2) is 0 Å². The van der Waals surface area contributed by atoms with Gasteiger partial charge in [0.15, 0.2) is 0 Å². The van der Waals surface area contributed by atoms with Gasteiger partial charge in [0, 0.05) is 12.1 Å². The average Bonchev–Trinajstić information content (AvgIpc) is 2.76. The van der Waals surface area contributed by atoms with Crippen LogP contribution in [0.3, 0.4) is 0 Å². The van der Waals surface area contributed by atoms with Gasteiger partial charge in [-0.05, 0) is 26.3 Å². The van der Waals surface area contributed by atoms with Gasteiger partial charge in [0.05, 0.1) is 5.69 Å². The molecule has 0 saturated carbocycles. The van der Waals surface area contributed by atoms with Crippen LogP contribution in [0.25, 0.3) is 0 Å². The molecule has 1 atom stereocenters. The van der Waals surface area contributed by atoms with E-state index in [0.717, 1.165) is 16.8 Å². The van der Waals surface area contributed by atoms with Gasteiger partial charge in [0.2, 0.25) is 5.91 Å². The number of benzene rings is 1. The fourth-order valence-corrected chi connectivity index (χ4v) is 2.02. The van der Waals surface area contributed by atoms with Crippen LogP contribution in [0, 0.1) is 13.8 Å². The molecule has 0 aliphatic heterocycles. The molecule has 2 rings (SSSR count). The smallest absolute Gasteiger partial charge is 0.244 e. The lowest BCUT2D eigenvalue weighted by Gasteiger charge is -2.24. The van der Waals surface area contributed by atoms with Gasteiger partial charge < -0.3 is 15.6 Å². The number of nitrogens with two attached hydrogens (primary N) is 1. The molecule has 20 heavy (non-hydrogen) atoms. The van der Waals surface area contributed by atoms with Gasteiger partial charge in [0.25, 0.3) is 0 Å². The Morgan fingerprint density at radius 3 is 2.55 bits per heavy atom. The van der Waals surface area contributed by atoms with Crippen LogP contribution in [0.4, 0.5) is 0 Å². The number of hydrogen-bond donors (Lipinski definition) is 2. The number of nitrogens with zero attached hydrogens (tertiary/aromatic N) is 1. The van der Waals surface area contributed by atoms with Crippen LogP contribution >= 0.6 is 0 Å². The molecular weight excluding hydrogens is 254 g/mol. The molecule has 5 heteroatoms. The monoisotopic (exact) mass is 273 g/mol. The Bertz CT molecular complexity index is 583. The van der Waals surface area contributed by atoms with Crippen molar-refractivity contribution in [1.29, 1.82) is 0 Å². The zero-order chi connectivity index (χ0) is 14.8. The summed E-state index contributed by atoms with van der Waals surface area (Å²) in [6.45, 7) is 5.72. The summed E-state index contributed by atoms with van der Waals surface area (Å²) in [5.74, 6) is 0.477. The number of amides is 1. The van der Waals surface area contributed by atoms with Crippen LogP contribution < -0.4 is 11.1 Å². The summed E-state index contributed by atoms with van der Waals surface area (Å²) in [4.78, 5) is 12.3. The predicted octanol–water partition coefficient (Wildman–Crippen LogP) is 1.78. The maximum absolute atomic E-state index is 12.3.